The van der Waals surface area contributed by atoms with Crippen molar-refractivity contribution < 1.29 is 8.42 Å². The SMILES string of the molecule is Cn1nc(Cl)c(Cl)c1S(=O)(=O)CCCl. The summed E-state index contributed by atoms with van der Waals surface area (Å²) in [5.41, 5.74) is 0. The second kappa shape index (κ2) is 4.26. The van der Waals surface area contributed by atoms with E-state index in [9.17, 15) is 8.42 Å². The van der Waals surface area contributed by atoms with Crippen LogP contribution in [0.15, 0.2) is 5.03 Å². The average Bonchev–Trinajstić information content (AvgIpc) is 2.26. The summed E-state index contributed by atoms with van der Waals surface area (Å²) in [7, 11) is -2.04. The van der Waals surface area contributed by atoms with E-state index in [0.717, 1.165) is 4.68 Å². The summed E-state index contributed by atoms with van der Waals surface area (Å²) in [5, 5.41) is 3.51. The second-order valence-corrected chi connectivity index (χ2v) is 5.68. The molecule has 0 unspecified atom stereocenters. The second-order valence-electron chi connectivity index (χ2n) is 2.54. The van der Waals surface area contributed by atoms with E-state index in [1.807, 2.05) is 0 Å². The molecule has 0 amide bonds. The lowest BCUT2D eigenvalue weighted by Crippen LogP contribution is -2.13. The zero-order valence-corrected chi connectivity index (χ0v) is 10.3. The predicted molar refractivity (Wildman–Crippen MR) is 56.0 cm³/mol. The molecular formula is C6H7Cl3N2O2S. The van der Waals surface area contributed by atoms with Gasteiger partial charge in [-0.1, -0.05) is 23.2 Å². The van der Waals surface area contributed by atoms with E-state index in [1.54, 1.807) is 0 Å². The minimum atomic E-state index is -3.50. The molecule has 1 aromatic rings. The Kier molecular flexibility index (Phi) is 3.69. The molecule has 0 aliphatic carbocycles. The summed E-state index contributed by atoms with van der Waals surface area (Å²) in [5.74, 6) is -0.189. The number of aromatic nitrogens is 2. The molecule has 0 atom stereocenters. The van der Waals surface area contributed by atoms with E-state index < -0.39 is 9.84 Å². The lowest BCUT2D eigenvalue weighted by molar-refractivity contribution is 0.578. The van der Waals surface area contributed by atoms with Gasteiger partial charge < -0.3 is 0 Å². The van der Waals surface area contributed by atoms with E-state index in [0.29, 0.717) is 0 Å². The van der Waals surface area contributed by atoms with Gasteiger partial charge in [-0.15, -0.1) is 11.6 Å². The van der Waals surface area contributed by atoms with Gasteiger partial charge in [0.2, 0.25) is 0 Å². The highest BCUT2D eigenvalue weighted by Gasteiger charge is 2.24. The number of alkyl halides is 1. The Morgan fingerprint density at radius 3 is 2.36 bits per heavy atom. The topological polar surface area (TPSA) is 52.0 Å². The molecule has 0 aromatic carbocycles. The van der Waals surface area contributed by atoms with Gasteiger partial charge in [-0.2, -0.15) is 5.10 Å². The van der Waals surface area contributed by atoms with Crippen LogP contribution in [0.5, 0.6) is 0 Å². The summed E-state index contributed by atoms with van der Waals surface area (Å²) in [6.45, 7) is 0. The van der Waals surface area contributed by atoms with Crippen LogP contribution in [0.25, 0.3) is 0 Å². The fourth-order valence-corrected chi connectivity index (χ4v) is 3.58. The van der Waals surface area contributed by atoms with Crippen molar-refractivity contribution in [2.45, 2.75) is 5.03 Å². The van der Waals surface area contributed by atoms with Gasteiger partial charge in [0.15, 0.2) is 20.0 Å². The van der Waals surface area contributed by atoms with Gasteiger partial charge in [0, 0.05) is 12.9 Å². The number of hydrogen-bond acceptors (Lipinski definition) is 3. The van der Waals surface area contributed by atoms with Gasteiger partial charge in [-0.05, 0) is 0 Å². The van der Waals surface area contributed by atoms with E-state index in [1.165, 1.54) is 7.05 Å². The van der Waals surface area contributed by atoms with Crippen LogP contribution in [-0.4, -0.2) is 29.8 Å². The van der Waals surface area contributed by atoms with Gasteiger partial charge in [0.1, 0.15) is 5.02 Å². The zero-order valence-electron chi connectivity index (χ0n) is 7.17. The minimum absolute atomic E-state index is 0.00145. The predicted octanol–water partition coefficient (Wildman–Crippen LogP) is 1.74. The molecule has 1 aromatic heterocycles. The molecule has 0 fully saturated rings. The number of sulfone groups is 1. The van der Waals surface area contributed by atoms with Gasteiger partial charge in [0.05, 0.1) is 5.75 Å². The Balaban J connectivity index is 3.32. The summed E-state index contributed by atoms with van der Waals surface area (Å²) < 4.78 is 24.3. The molecule has 0 bridgehead atoms. The van der Waals surface area contributed by atoms with Gasteiger partial charge in [-0.3, -0.25) is 4.68 Å². The van der Waals surface area contributed by atoms with E-state index in [-0.39, 0.29) is 26.8 Å². The molecule has 0 N–H and O–H groups in total. The van der Waals surface area contributed by atoms with Crippen LogP contribution in [-0.2, 0) is 16.9 Å². The number of halogens is 3. The first-order valence-electron chi connectivity index (χ1n) is 3.57. The average molecular weight is 278 g/mol. The Morgan fingerprint density at radius 2 is 2.00 bits per heavy atom. The fraction of sp³-hybridized carbons (Fsp3) is 0.500. The molecule has 8 heteroatoms. The molecule has 1 rings (SSSR count). The number of rotatable bonds is 3. The minimum Gasteiger partial charge on any atom is -0.254 e. The molecule has 0 aliphatic heterocycles. The summed E-state index contributed by atoms with van der Waals surface area (Å²) in [4.78, 5) is 0. The van der Waals surface area contributed by atoms with E-state index in [2.05, 4.69) is 5.10 Å². The lowest BCUT2D eigenvalue weighted by Gasteiger charge is -2.02. The van der Waals surface area contributed by atoms with Crippen molar-refractivity contribution in [1.82, 2.24) is 9.78 Å². The monoisotopic (exact) mass is 276 g/mol. The third-order valence-electron chi connectivity index (χ3n) is 1.54. The molecule has 0 saturated carbocycles. The molecule has 4 nitrogen and oxygen atoms in total. The van der Waals surface area contributed by atoms with E-state index in [4.69, 9.17) is 34.8 Å². The third-order valence-corrected chi connectivity index (χ3v) is 4.58. The highest BCUT2D eigenvalue weighted by molar-refractivity contribution is 7.91. The molecule has 80 valence electrons. The van der Waals surface area contributed by atoms with Crippen molar-refractivity contribution in [2.75, 3.05) is 11.6 Å². The zero-order chi connectivity index (χ0) is 10.9. The summed E-state index contributed by atoms with van der Waals surface area (Å²) >= 11 is 16.6. The van der Waals surface area contributed by atoms with Crippen LogP contribution in [0.1, 0.15) is 0 Å². The third kappa shape index (κ3) is 2.16. The first-order chi connectivity index (χ1) is 6.40. The molecule has 0 radical (unpaired) electrons. The molecule has 0 spiro atoms. The Hall–Kier alpha value is 0.0300. The Bertz CT molecular complexity index is 440. The Labute approximate surface area is 96.7 Å². The highest BCUT2D eigenvalue weighted by Crippen LogP contribution is 2.28. The largest absolute Gasteiger partial charge is 0.254 e. The standard InChI is InChI=1S/C6H7Cl3N2O2S/c1-11-6(4(8)5(9)10-11)14(12,13)3-2-7/h2-3H2,1H3. The molecule has 1 heterocycles. The first kappa shape index (κ1) is 12.1. The van der Waals surface area contributed by atoms with Gasteiger partial charge in [-0.25, -0.2) is 8.42 Å². The number of aryl methyl sites for hydroxylation is 1. The van der Waals surface area contributed by atoms with E-state index >= 15 is 0 Å². The molecule has 0 saturated heterocycles. The smallest absolute Gasteiger partial charge is 0.198 e. The van der Waals surface area contributed by atoms with Gasteiger partial charge in [0.25, 0.3) is 0 Å². The Morgan fingerprint density at radius 1 is 1.43 bits per heavy atom. The molecular weight excluding hydrogens is 271 g/mol. The van der Waals surface area contributed by atoms with Crippen molar-refractivity contribution in [3.05, 3.63) is 10.2 Å². The van der Waals surface area contributed by atoms with Crippen molar-refractivity contribution in [2.24, 2.45) is 7.05 Å². The van der Waals surface area contributed by atoms with Crippen molar-refractivity contribution in [1.29, 1.82) is 0 Å². The van der Waals surface area contributed by atoms with Crippen LogP contribution in [0, 0.1) is 0 Å². The summed E-state index contributed by atoms with van der Waals surface area (Å²) in [6.07, 6.45) is 0. The van der Waals surface area contributed by atoms with Gasteiger partial charge >= 0.3 is 0 Å². The van der Waals surface area contributed by atoms with Crippen molar-refractivity contribution in [3.8, 4) is 0 Å². The first-order valence-corrected chi connectivity index (χ1v) is 6.51. The lowest BCUT2D eigenvalue weighted by atomic mass is 10.7. The van der Waals surface area contributed by atoms with Crippen molar-refractivity contribution in [3.63, 3.8) is 0 Å². The maximum Gasteiger partial charge on any atom is 0.198 e. The van der Waals surface area contributed by atoms with Crippen LogP contribution in [0.4, 0.5) is 0 Å². The molecule has 14 heavy (non-hydrogen) atoms. The van der Waals surface area contributed by atoms with Crippen LogP contribution >= 0.6 is 34.8 Å². The highest BCUT2D eigenvalue weighted by atomic mass is 35.5. The van der Waals surface area contributed by atoms with Crippen LogP contribution in [0.2, 0.25) is 10.2 Å². The normalized spacial score (nSPS) is 12.0. The maximum absolute atomic E-state index is 11.6. The number of hydrogen-bond donors (Lipinski definition) is 0. The number of nitrogens with zero attached hydrogens (tertiary/aromatic N) is 2. The van der Waals surface area contributed by atoms with Crippen LogP contribution in [0.3, 0.4) is 0 Å². The maximum atomic E-state index is 11.6. The van der Waals surface area contributed by atoms with Crippen LogP contribution < -0.4 is 0 Å². The molecule has 0 aliphatic rings. The van der Waals surface area contributed by atoms with Crippen molar-refractivity contribution >= 4 is 44.6 Å². The fourth-order valence-electron chi connectivity index (χ4n) is 0.987. The quantitative estimate of drug-likeness (QED) is 0.791. The summed E-state index contributed by atoms with van der Waals surface area (Å²) in [6, 6.07) is 0.